The molecule has 0 radical (unpaired) electrons. The third-order valence-electron chi connectivity index (χ3n) is 2.60. The van der Waals surface area contributed by atoms with Crippen LogP contribution in [0.2, 0.25) is 0 Å². The van der Waals surface area contributed by atoms with Gasteiger partial charge in [-0.25, -0.2) is 10.8 Å². The van der Waals surface area contributed by atoms with Crippen molar-refractivity contribution in [1.82, 2.24) is 15.4 Å². The fourth-order valence-electron chi connectivity index (χ4n) is 1.67. The zero-order chi connectivity index (χ0) is 14.0. The third-order valence-corrected chi connectivity index (χ3v) is 3.71. The number of carbonyl (C=O) groups is 1. The molecule has 2 aromatic rings. The Labute approximate surface area is 115 Å². The molecule has 3 N–H and O–H groups in total. The van der Waals surface area contributed by atoms with Crippen LogP contribution >= 0.6 is 11.3 Å². The quantitative estimate of drug-likeness (QED) is 0.500. The number of pyridine rings is 1. The summed E-state index contributed by atoms with van der Waals surface area (Å²) in [6.07, 6.45) is 3.41. The summed E-state index contributed by atoms with van der Waals surface area (Å²) in [6, 6.07) is 3.74. The summed E-state index contributed by atoms with van der Waals surface area (Å²) in [7, 11) is 0. The van der Waals surface area contributed by atoms with Gasteiger partial charge in [0.05, 0.1) is 5.69 Å². The van der Waals surface area contributed by atoms with Gasteiger partial charge in [-0.2, -0.15) is 0 Å². The van der Waals surface area contributed by atoms with Crippen LogP contribution in [0.4, 0.5) is 0 Å². The van der Waals surface area contributed by atoms with Crippen LogP contribution < -0.4 is 11.3 Å². The lowest BCUT2D eigenvalue weighted by Crippen LogP contribution is -2.31. The Morgan fingerprint density at radius 2 is 1.95 bits per heavy atom. The Morgan fingerprint density at radius 1 is 1.32 bits per heavy atom. The van der Waals surface area contributed by atoms with Crippen molar-refractivity contribution >= 4 is 17.2 Å². The van der Waals surface area contributed by atoms with E-state index in [1.165, 1.54) is 11.3 Å². The molecule has 0 bridgehead atoms. The van der Waals surface area contributed by atoms with Gasteiger partial charge in [0.25, 0.3) is 5.91 Å². The summed E-state index contributed by atoms with van der Waals surface area (Å²) in [5.74, 6) is 4.93. The highest BCUT2D eigenvalue weighted by Gasteiger charge is 2.27. The second-order valence-corrected chi connectivity index (χ2v) is 6.16. The minimum atomic E-state index is -0.303. The normalized spacial score (nSPS) is 11.4. The third kappa shape index (κ3) is 2.80. The fourth-order valence-corrected chi connectivity index (χ4v) is 2.85. The molecule has 0 spiro atoms. The van der Waals surface area contributed by atoms with Crippen LogP contribution in [0.15, 0.2) is 24.5 Å². The Bertz CT molecular complexity index is 586. The number of rotatable bonds is 2. The van der Waals surface area contributed by atoms with Gasteiger partial charge in [0.15, 0.2) is 0 Å². The van der Waals surface area contributed by atoms with Crippen molar-refractivity contribution in [2.24, 2.45) is 5.84 Å². The average molecular weight is 276 g/mol. The summed E-state index contributed by atoms with van der Waals surface area (Å²) in [5, 5.41) is 0.797. The van der Waals surface area contributed by atoms with E-state index in [0.29, 0.717) is 4.88 Å². The number of nitrogens with zero attached hydrogens (tertiary/aromatic N) is 2. The van der Waals surface area contributed by atoms with Crippen LogP contribution in [-0.4, -0.2) is 15.9 Å². The molecule has 0 aliphatic heterocycles. The number of thiazole rings is 1. The van der Waals surface area contributed by atoms with E-state index in [9.17, 15) is 4.79 Å². The van der Waals surface area contributed by atoms with Crippen LogP contribution in [0, 0.1) is 0 Å². The number of nitrogens with one attached hydrogen (secondary N) is 1. The zero-order valence-electron chi connectivity index (χ0n) is 11.1. The molecule has 0 aliphatic carbocycles. The predicted octanol–water partition coefficient (Wildman–Crippen LogP) is 2.11. The maximum atomic E-state index is 11.8. The molecular formula is C13H16N4OS. The number of aromatic nitrogens is 2. The largest absolute Gasteiger partial charge is 0.289 e. The monoisotopic (exact) mass is 276 g/mol. The molecule has 0 atom stereocenters. The molecule has 0 fully saturated rings. The van der Waals surface area contributed by atoms with Gasteiger partial charge in [0, 0.05) is 23.4 Å². The van der Waals surface area contributed by atoms with E-state index in [2.05, 4.69) is 15.4 Å². The van der Waals surface area contributed by atoms with Crippen molar-refractivity contribution in [2.45, 2.75) is 26.2 Å². The molecular weight excluding hydrogens is 260 g/mol. The van der Waals surface area contributed by atoms with E-state index in [0.717, 1.165) is 16.3 Å². The van der Waals surface area contributed by atoms with Gasteiger partial charge in [-0.1, -0.05) is 20.8 Å². The van der Waals surface area contributed by atoms with Crippen LogP contribution in [0.25, 0.3) is 10.6 Å². The van der Waals surface area contributed by atoms with Gasteiger partial charge in [-0.15, -0.1) is 11.3 Å². The van der Waals surface area contributed by atoms with E-state index in [1.807, 2.05) is 32.9 Å². The Balaban J connectivity index is 2.55. The van der Waals surface area contributed by atoms with Gasteiger partial charge >= 0.3 is 0 Å². The van der Waals surface area contributed by atoms with Gasteiger partial charge in [0.1, 0.15) is 9.88 Å². The lowest BCUT2D eigenvalue weighted by molar-refractivity contribution is 0.0955. The Hall–Kier alpha value is -1.79. The molecule has 0 unspecified atom stereocenters. The fraction of sp³-hybridized carbons (Fsp3) is 0.308. The first-order chi connectivity index (χ1) is 8.93. The van der Waals surface area contributed by atoms with Crippen molar-refractivity contribution in [3.05, 3.63) is 35.1 Å². The minimum absolute atomic E-state index is 0.219. The molecule has 2 heterocycles. The molecule has 0 saturated heterocycles. The van der Waals surface area contributed by atoms with Crippen LogP contribution in [0.5, 0.6) is 0 Å². The maximum Gasteiger partial charge on any atom is 0.277 e. The summed E-state index contributed by atoms with van der Waals surface area (Å²) >= 11 is 1.34. The highest BCUT2D eigenvalue weighted by atomic mass is 32.1. The number of nitrogen functional groups attached to an aromatic ring is 1. The molecule has 2 aromatic heterocycles. The van der Waals surface area contributed by atoms with Crippen LogP contribution in [0.3, 0.4) is 0 Å². The molecule has 100 valence electrons. The lowest BCUT2D eigenvalue weighted by atomic mass is 9.91. The molecule has 5 nitrogen and oxygen atoms in total. The highest BCUT2D eigenvalue weighted by molar-refractivity contribution is 7.17. The topological polar surface area (TPSA) is 80.9 Å². The summed E-state index contributed by atoms with van der Waals surface area (Å²) in [6.45, 7) is 6.06. The average Bonchev–Trinajstić information content (AvgIpc) is 2.84. The number of carbonyl (C=O) groups excluding carboxylic acids is 1. The van der Waals surface area contributed by atoms with Crippen molar-refractivity contribution in [3.8, 4) is 10.6 Å². The summed E-state index contributed by atoms with van der Waals surface area (Å²) in [4.78, 5) is 21.0. The van der Waals surface area contributed by atoms with Gasteiger partial charge in [-0.05, 0) is 12.1 Å². The molecule has 6 heteroatoms. The Kier molecular flexibility index (Phi) is 3.64. The standard InChI is InChI=1S/C13H16N4OS/c1-13(2,3)10-9(11(18)17-14)19-12(16-10)8-4-6-15-7-5-8/h4-7H,14H2,1-3H3,(H,17,18). The number of hydrogen-bond donors (Lipinski definition) is 2. The number of amides is 1. The first-order valence-corrected chi connectivity index (χ1v) is 6.68. The van der Waals surface area contributed by atoms with E-state index in [-0.39, 0.29) is 11.3 Å². The van der Waals surface area contributed by atoms with E-state index >= 15 is 0 Å². The van der Waals surface area contributed by atoms with Gasteiger partial charge in [-0.3, -0.25) is 15.2 Å². The predicted molar refractivity (Wildman–Crippen MR) is 75.7 cm³/mol. The molecule has 19 heavy (non-hydrogen) atoms. The van der Waals surface area contributed by atoms with Gasteiger partial charge in [0.2, 0.25) is 0 Å². The molecule has 0 aromatic carbocycles. The zero-order valence-corrected chi connectivity index (χ0v) is 11.9. The molecule has 1 amide bonds. The van der Waals surface area contributed by atoms with Crippen molar-refractivity contribution in [2.75, 3.05) is 0 Å². The van der Waals surface area contributed by atoms with Gasteiger partial charge < -0.3 is 0 Å². The maximum absolute atomic E-state index is 11.8. The molecule has 2 rings (SSSR count). The smallest absolute Gasteiger partial charge is 0.277 e. The van der Waals surface area contributed by atoms with E-state index in [1.54, 1.807) is 12.4 Å². The van der Waals surface area contributed by atoms with Crippen molar-refractivity contribution < 1.29 is 4.79 Å². The highest BCUT2D eigenvalue weighted by Crippen LogP contribution is 2.34. The number of nitrogens with two attached hydrogens (primary N) is 1. The molecule has 0 aliphatic rings. The van der Waals surface area contributed by atoms with Crippen molar-refractivity contribution in [1.29, 1.82) is 0 Å². The Morgan fingerprint density at radius 3 is 2.47 bits per heavy atom. The van der Waals surface area contributed by atoms with E-state index < -0.39 is 0 Å². The number of hydrogen-bond acceptors (Lipinski definition) is 5. The van der Waals surface area contributed by atoms with Crippen LogP contribution in [-0.2, 0) is 5.41 Å². The SMILES string of the molecule is CC(C)(C)c1nc(-c2ccncc2)sc1C(=O)NN. The minimum Gasteiger partial charge on any atom is -0.289 e. The van der Waals surface area contributed by atoms with Crippen LogP contribution in [0.1, 0.15) is 36.1 Å². The van der Waals surface area contributed by atoms with Crippen molar-refractivity contribution in [3.63, 3.8) is 0 Å². The number of hydrazine groups is 1. The summed E-state index contributed by atoms with van der Waals surface area (Å²) < 4.78 is 0. The second kappa shape index (κ2) is 5.07. The second-order valence-electron chi connectivity index (χ2n) is 5.16. The first kappa shape index (κ1) is 13.6. The van der Waals surface area contributed by atoms with E-state index in [4.69, 9.17) is 5.84 Å². The lowest BCUT2D eigenvalue weighted by Gasteiger charge is -2.16. The summed E-state index contributed by atoms with van der Waals surface area (Å²) in [5.41, 5.74) is 3.66. The first-order valence-electron chi connectivity index (χ1n) is 5.86. The molecule has 0 saturated carbocycles.